The van der Waals surface area contributed by atoms with E-state index in [1.54, 1.807) is 6.92 Å². The molecule has 0 atom stereocenters. The Kier molecular flexibility index (Phi) is 1.51. The van der Waals surface area contributed by atoms with Crippen molar-refractivity contribution in [3.8, 4) is 0 Å². The summed E-state index contributed by atoms with van der Waals surface area (Å²) in [6.07, 6.45) is 0. The molecule has 0 unspecified atom stereocenters. The molecule has 0 bridgehead atoms. The van der Waals surface area contributed by atoms with Gasteiger partial charge in [0.25, 0.3) is 0 Å². The van der Waals surface area contributed by atoms with Gasteiger partial charge in [-0.1, -0.05) is 0 Å². The molecule has 0 rings (SSSR count). The van der Waals surface area contributed by atoms with Crippen LogP contribution in [0.25, 0.3) is 0 Å². The molecule has 0 spiro atoms. The molecule has 2 heteroatoms. The highest BCUT2D eigenvalue weighted by molar-refractivity contribution is 6.48. The van der Waals surface area contributed by atoms with Crippen LogP contribution in [0.5, 0.6) is 0 Å². The van der Waals surface area contributed by atoms with Crippen molar-refractivity contribution in [3.63, 3.8) is 0 Å². The minimum absolute atomic E-state index is 0.806. The van der Waals surface area contributed by atoms with Crippen molar-refractivity contribution in [1.29, 1.82) is 0 Å². The van der Waals surface area contributed by atoms with Gasteiger partial charge in [-0.2, -0.15) is 0 Å². The quantitative estimate of drug-likeness (QED) is 0.420. The van der Waals surface area contributed by atoms with Crippen LogP contribution in [-0.4, -0.2) is 4.33 Å². The van der Waals surface area contributed by atoms with Crippen molar-refractivity contribution < 1.29 is 0 Å². The lowest BCUT2D eigenvalue weighted by Gasteiger charge is -1.97. The SMILES string of the molecule is [CH2]C(C)(Cl)Cl. The predicted molar refractivity (Wildman–Crippen MR) is 25.5 cm³/mol. The first kappa shape index (κ1) is 5.58. The van der Waals surface area contributed by atoms with Gasteiger partial charge in [0.1, 0.15) is 4.33 Å². The van der Waals surface area contributed by atoms with Crippen LogP contribution in [0.3, 0.4) is 0 Å². The number of hydrogen-bond acceptors (Lipinski definition) is 0. The van der Waals surface area contributed by atoms with Crippen molar-refractivity contribution in [3.05, 3.63) is 6.92 Å². The highest BCUT2D eigenvalue weighted by Gasteiger charge is 2.03. The minimum Gasteiger partial charge on any atom is -0.102 e. The van der Waals surface area contributed by atoms with E-state index in [0.29, 0.717) is 0 Å². The molecule has 0 aromatic carbocycles. The molecule has 0 saturated carbocycles. The number of hydrogen-bond donors (Lipinski definition) is 0. The van der Waals surface area contributed by atoms with Crippen molar-refractivity contribution >= 4 is 23.2 Å². The second-order valence-corrected chi connectivity index (χ2v) is 2.93. The van der Waals surface area contributed by atoms with E-state index in [-0.39, 0.29) is 0 Å². The minimum atomic E-state index is -0.806. The maximum atomic E-state index is 5.18. The van der Waals surface area contributed by atoms with E-state index >= 15 is 0 Å². The molecule has 0 aromatic rings. The second kappa shape index (κ2) is 1.36. The predicted octanol–water partition coefficient (Wildman–Crippen LogP) is 2.01. The Labute approximate surface area is 42.1 Å². The first-order valence-corrected chi connectivity index (χ1v) is 1.99. The molecule has 0 aliphatic heterocycles. The molecule has 0 saturated heterocycles. The van der Waals surface area contributed by atoms with Gasteiger partial charge in [0.15, 0.2) is 0 Å². The third-order valence-electron chi connectivity index (χ3n) is 0. The highest BCUT2D eigenvalue weighted by Crippen LogP contribution is 2.15. The topological polar surface area (TPSA) is 0 Å². The van der Waals surface area contributed by atoms with Crippen LogP contribution >= 0.6 is 23.2 Å². The summed E-state index contributed by atoms with van der Waals surface area (Å²) in [5.41, 5.74) is 0. The molecule has 0 nitrogen and oxygen atoms in total. The summed E-state index contributed by atoms with van der Waals surface area (Å²) in [7, 11) is 0. The normalized spacial score (nSPS) is 12.0. The fourth-order valence-corrected chi connectivity index (χ4v) is 0. The molecule has 0 aliphatic carbocycles. The Balaban J connectivity index is 3.02. The van der Waals surface area contributed by atoms with Crippen LogP contribution in [0.15, 0.2) is 0 Å². The summed E-state index contributed by atoms with van der Waals surface area (Å²) in [6, 6.07) is 0. The fraction of sp³-hybridized carbons (Fsp3) is 0.667. The average molecular weight is 112 g/mol. The lowest BCUT2D eigenvalue weighted by atomic mass is 10.6. The van der Waals surface area contributed by atoms with Gasteiger partial charge in [0.2, 0.25) is 0 Å². The monoisotopic (exact) mass is 111 g/mol. The van der Waals surface area contributed by atoms with Crippen LogP contribution in [0.2, 0.25) is 0 Å². The molecule has 0 aliphatic rings. The second-order valence-electron chi connectivity index (χ2n) is 1.07. The highest BCUT2D eigenvalue weighted by atomic mass is 35.5. The summed E-state index contributed by atoms with van der Waals surface area (Å²) in [4.78, 5) is 0. The van der Waals surface area contributed by atoms with Gasteiger partial charge in [0, 0.05) is 0 Å². The maximum absolute atomic E-state index is 5.18. The zero-order valence-electron chi connectivity index (χ0n) is 2.96. The lowest BCUT2D eigenvalue weighted by Crippen LogP contribution is -1.94. The van der Waals surface area contributed by atoms with Crippen LogP contribution in [0.1, 0.15) is 6.92 Å². The van der Waals surface area contributed by atoms with E-state index in [0.717, 1.165) is 0 Å². The molecule has 31 valence electrons. The summed E-state index contributed by atoms with van der Waals surface area (Å²) < 4.78 is -0.806. The van der Waals surface area contributed by atoms with Crippen molar-refractivity contribution in [2.24, 2.45) is 0 Å². The van der Waals surface area contributed by atoms with Crippen LogP contribution < -0.4 is 0 Å². The summed E-state index contributed by atoms with van der Waals surface area (Å²) in [6.45, 7) is 4.91. The van der Waals surface area contributed by atoms with Crippen LogP contribution in [0.4, 0.5) is 0 Å². The van der Waals surface area contributed by atoms with Crippen LogP contribution in [-0.2, 0) is 0 Å². The molecule has 0 N–H and O–H groups in total. The Morgan fingerprint density at radius 2 is 1.60 bits per heavy atom. The Hall–Kier alpha value is 0.580. The Bertz CT molecular complexity index is 20.4. The fourth-order valence-electron chi connectivity index (χ4n) is 0. The lowest BCUT2D eigenvalue weighted by molar-refractivity contribution is 1.12. The van der Waals surface area contributed by atoms with E-state index in [1.165, 1.54) is 0 Å². The zero-order valence-corrected chi connectivity index (χ0v) is 4.47. The Morgan fingerprint density at radius 1 is 1.60 bits per heavy atom. The molecule has 1 radical (unpaired) electrons. The summed E-state index contributed by atoms with van der Waals surface area (Å²) in [5, 5.41) is 0. The molecular weight excluding hydrogens is 107 g/mol. The molecule has 0 heterocycles. The van der Waals surface area contributed by atoms with Crippen molar-refractivity contribution in [2.45, 2.75) is 11.3 Å². The van der Waals surface area contributed by atoms with E-state index in [9.17, 15) is 0 Å². The van der Waals surface area contributed by atoms with Gasteiger partial charge in [-0.15, -0.1) is 23.2 Å². The molecule has 5 heavy (non-hydrogen) atoms. The summed E-state index contributed by atoms with van der Waals surface area (Å²) in [5.74, 6) is 0. The number of halogens is 2. The van der Waals surface area contributed by atoms with Gasteiger partial charge in [0.05, 0.1) is 0 Å². The third-order valence-corrected chi connectivity index (χ3v) is 0. The first-order valence-electron chi connectivity index (χ1n) is 1.23. The van der Waals surface area contributed by atoms with Gasteiger partial charge in [-0.3, -0.25) is 0 Å². The van der Waals surface area contributed by atoms with Gasteiger partial charge >= 0.3 is 0 Å². The number of rotatable bonds is 0. The first-order chi connectivity index (χ1) is 2.00. The smallest absolute Gasteiger partial charge is 0.102 e. The van der Waals surface area contributed by atoms with Gasteiger partial charge in [-0.25, -0.2) is 0 Å². The number of alkyl halides is 2. The third kappa shape index (κ3) is 90.6. The van der Waals surface area contributed by atoms with E-state index in [2.05, 4.69) is 6.92 Å². The Morgan fingerprint density at radius 3 is 1.60 bits per heavy atom. The molecule has 0 fully saturated rings. The standard InChI is InChI=1S/C3H5Cl2/c1-3(2,4)5/h1H2,2H3. The average Bonchev–Trinajstić information content (AvgIpc) is 0.722. The van der Waals surface area contributed by atoms with E-state index in [4.69, 9.17) is 23.2 Å². The van der Waals surface area contributed by atoms with Crippen molar-refractivity contribution in [2.75, 3.05) is 0 Å². The van der Waals surface area contributed by atoms with E-state index < -0.39 is 4.33 Å². The van der Waals surface area contributed by atoms with Crippen LogP contribution in [0, 0.1) is 6.92 Å². The largest absolute Gasteiger partial charge is 0.115 e. The maximum Gasteiger partial charge on any atom is 0.115 e. The van der Waals surface area contributed by atoms with E-state index in [1.807, 2.05) is 0 Å². The summed E-state index contributed by atoms with van der Waals surface area (Å²) >= 11 is 10.4. The molecule has 0 amide bonds. The molecule has 0 aromatic heterocycles. The van der Waals surface area contributed by atoms with Crippen molar-refractivity contribution in [1.82, 2.24) is 0 Å². The zero-order chi connectivity index (χ0) is 4.50. The molecular formula is C3H5Cl2. The van der Waals surface area contributed by atoms with Gasteiger partial charge in [-0.05, 0) is 13.8 Å². The van der Waals surface area contributed by atoms with Gasteiger partial charge < -0.3 is 0 Å².